The zero-order valence-corrected chi connectivity index (χ0v) is 15.3. The molecule has 0 heterocycles. The van der Waals surface area contributed by atoms with Crippen molar-refractivity contribution in [1.29, 1.82) is 0 Å². The predicted octanol–water partition coefficient (Wildman–Crippen LogP) is 5.71. The lowest BCUT2D eigenvalue weighted by atomic mass is 9.47. The summed E-state index contributed by atoms with van der Waals surface area (Å²) in [6, 6.07) is 0. The van der Waals surface area contributed by atoms with Crippen molar-refractivity contribution in [1.82, 2.24) is 0 Å². The van der Waals surface area contributed by atoms with Gasteiger partial charge in [-0.25, -0.2) is 4.85 Å². The second-order valence-corrected chi connectivity index (χ2v) is 9.14. The van der Waals surface area contributed by atoms with E-state index in [9.17, 15) is 4.79 Å². The Balaban J connectivity index is 1.70. The molecule has 0 N–H and O–H groups in total. The molecule has 0 radical (unpaired) electrons. The summed E-state index contributed by atoms with van der Waals surface area (Å²) in [7, 11) is 0. The fourth-order valence-electron chi connectivity index (χ4n) is 7.03. The molecule has 128 valence electrons. The van der Waals surface area contributed by atoms with Crippen LogP contribution in [0.25, 0.3) is 4.85 Å². The Hall–Kier alpha value is -1.36. The van der Waals surface area contributed by atoms with E-state index in [-0.39, 0.29) is 10.8 Å². The number of fused-ring (bicyclic) bond motifs is 5. The van der Waals surface area contributed by atoms with Gasteiger partial charge in [0.05, 0.1) is 6.57 Å². The number of ketones is 1. The second-order valence-electron chi connectivity index (χ2n) is 9.14. The summed E-state index contributed by atoms with van der Waals surface area (Å²) in [6.45, 7) is 14.4. The van der Waals surface area contributed by atoms with E-state index in [2.05, 4.69) is 18.7 Å². The fraction of sp³-hybridized carbons (Fsp3) is 0.727. The lowest BCUT2D eigenvalue weighted by Gasteiger charge is -2.57. The molecule has 0 spiro atoms. The molecule has 3 saturated carbocycles. The maximum Gasteiger partial charge on any atom is 0.162 e. The van der Waals surface area contributed by atoms with Crippen molar-refractivity contribution in [3.63, 3.8) is 0 Å². The number of carbonyl (C=O) groups excluding carboxylic acids is 1. The standard InChI is InChI=1S/C22H29NO/c1-14(23-4)18-7-8-19-17-6-5-15-13-16(24)9-11-21(15,2)20(17)10-12-22(18,19)3/h13,17,19-20H,5-12H2,1-3H3/b18-14-/t17-,19-,20-,21-,22+/m0/s1. The van der Waals surface area contributed by atoms with Gasteiger partial charge in [-0.2, -0.15) is 0 Å². The van der Waals surface area contributed by atoms with Gasteiger partial charge >= 0.3 is 0 Å². The highest BCUT2D eigenvalue weighted by Crippen LogP contribution is 2.66. The molecular formula is C22H29NO. The molecule has 0 amide bonds. The van der Waals surface area contributed by atoms with Crippen LogP contribution in [-0.2, 0) is 4.79 Å². The smallest absolute Gasteiger partial charge is 0.162 e. The molecule has 0 aromatic heterocycles. The Morgan fingerprint density at radius 1 is 1.08 bits per heavy atom. The Morgan fingerprint density at radius 2 is 1.83 bits per heavy atom. The molecule has 0 saturated heterocycles. The van der Waals surface area contributed by atoms with Gasteiger partial charge in [0, 0.05) is 6.42 Å². The summed E-state index contributed by atoms with van der Waals surface area (Å²) in [4.78, 5) is 15.7. The van der Waals surface area contributed by atoms with Gasteiger partial charge in [-0.05, 0) is 86.5 Å². The van der Waals surface area contributed by atoms with Crippen molar-refractivity contribution in [3.8, 4) is 0 Å². The highest BCUT2D eigenvalue weighted by Gasteiger charge is 2.57. The Bertz CT molecular complexity index is 693. The molecule has 0 aliphatic heterocycles. The molecule has 5 atom stereocenters. The third-order valence-corrected chi connectivity index (χ3v) is 8.35. The van der Waals surface area contributed by atoms with Gasteiger partial charge in [0.25, 0.3) is 0 Å². The minimum atomic E-state index is 0.262. The number of hydrogen-bond donors (Lipinski definition) is 0. The van der Waals surface area contributed by atoms with Crippen LogP contribution in [0, 0.1) is 35.2 Å². The van der Waals surface area contributed by atoms with Crippen molar-refractivity contribution in [3.05, 3.63) is 34.3 Å². The second kappa shape index (κ2) is 5.32. The molecule has 4 rings (SSSR count). The molecule has 24 heavy (non-hydrogen) atoms. The van der Waals surface area contributed by atoms with Crippen LogP contribution in [0.2, 0.25) is 0 Å². The Labute approximate surface area is 146 Å². The van der Waals surface area contributed by atoms with E-state index in [1.54, 1.807) is 0 Å². The summed E-state index contributed by atoms with van der Waals surface area (Å²) in [6.07, 6.45) is 11.1. The molecule has 0 aromatic rings. The largest absolute Gasteiger partial charge is 0.295 e. The fourth-order valence-corrected chi connectivity index (χ4v) is 7.03. The summed E-state index contributed by atoms with van der Waals surface area (Å²) < 4.78 is 0. The zero-order chi connectivity index (χ0) is 17.1. The minimum absolute atomic E-state index is 0.262. The Morgan fingerprint density at radius 3 is 2.58 bits per heavy atom. The van der Waals surface area contributed by atoms with Crippen LogP contribution in [-0.4, -0.2) is 5.78 Å². The van der Waals surface area contributed by atoms with Gasteiger partial charge in [0.2, 0.25) is 0 Å². The highest BCUT2D eigenvalue weighted by molar-refractivity contribution is 5.91. The van der Waals surface area contributed by atoms with E-state index < -0.39 is 0 Å². The number of hydrogen-bond acceptors (Lipinski definition) is 1. The van der Waals surface area contributed by atoms with Crippen LogP contribution in [0.3, 0.4) is 0 Å². The van der Waals surface area contributed by atoms with E-state index in [0.717, 1.165) is 49.1 Å². The van der Waals surface area contributed by atoms with E-state index in [1.165, 1.54) is 36.8 Å². The van der Waals surface area contributed by atoms with E-state index in [0.29, 0.717) is 5.78 Å². The maximum absolute atomic E-state index is 11.9. The van der Waals surface area contributed by atoms with Crippen molar-refractivity contribution >= 4 is 5.78 Å². The van der Waals surface area contributed by atoms with Gasteiger partial charge in [-0.3, -0.25) is 4.79 Å². The van der Waals surface area contributed by atoms with E-state index in [1.807, 2.05) is 13.0 Å². The lowest BCUT2D eigenvalue weighted by Crippen LogP contribution is -2.49. The van der Waals surface area contributed by atoms with Crippen LogP contribution >= 0.6 is 0 Å². The van der Waals surface area contributed by atoms with Gasteiger partial charge in [-0.15, -0.1) is 0 Å². The monoisotopic (exact) mass is 323 g/mol. The molecule has 0 bridgehead atoms. The predicted molar refractivity (Wildman–Crippen MR) is 96.0 cm³/mol. The van der Waals surface area contributed by atoms with Crippen LogP contribution in [0.15, 0.2) is 22.9 Å². The molecule has 2 heteroatoms. The number of carbonyl (C=O) groups is 1. The number of rotatable bonds is 0. The van der Waals surface area contributed by atoms with Crippen molar-refractivity contribution in [2.24, 2.45) is 28.6 Å². The first-order valence-corrected chi connectivity index (χ1v) is 9.72. The van der Waals surface area contributed by atoms with Crippen LogP contribution < -0.4 is 0 Å². The number of allylic oxidation sites excluding steroid dienone is 3. The first kappa shape index (κ1) is 16.1. The quantitative estimate of drug-likeness (QED) is 0.523. The first-order valence-electron chi connectivity index (χ1n) is 9.72. The van der Waals surface area contributed by atoms with Gasteiger partial charge in [-0.1, -0.05) is 25.0 Å². The third kappa shape index (κ3) is 2.03. The van der Waals surface area contributed by atoms with Crippen molar-refractivity contribution < 1.29 is 4.79 Å². The molecule has 0 aromatic carbocycles. The van der Waals surface area contributed by atoms with Crippen molar-refractivity contribution in [2.45, 2.75) is 72.1 Å². The van der Waals surface area contributed by atoms with Crippen LogP contribution in [0.1, 0.15) is 72.1 Å². The summed E-state index contributed by atoms with van der Waals surface area (Å²) >= 11 is 0. The maximum atomic E-state index is 11.9. The minimum Gasteiger partial charge on any atom is -0.295 e. The third-order valence-electron chi connectivity index (χ3n) is 8.35. The van der Waals surface area contributed by atoms with Gasteiger partial charge in [0.15, 0.2) is 11.5 Å². The molecule has 3 fully saturated rings. The van der Waals surface area contributed by atoms with Gasteiger partial charge < -0.3 is 0 Å². The first-order chi connectivity index (χ1) is 11.4. The molecular weight excluding hydrogens is 294 g/mol. The zero-order valence-electron chi connectivity index (χ0n) is 15.3. The summed E-state index contributed by atoms with van der Waals surface area (Å²) in [5, 5.41) is 0. The Kier molecular flexibility index (Phi) is 3.57. The SMILES string of the molecule is [C-]#[N+]/C(C)=C1/CC[C@H]2[C@@H]3CCC4=CC(=O)CC[C@]4(C)[C@H]3CC[C@]12C. The lowest BCUT2D eigenvalue weighted by molar-refractivity contribution is -0.117. The van der Waals surface area contributed by atoms with E-state index in [4.69, 9.17) is 6.57 Å². The summed E-state index contributed by atoms with van der Waals surface area (Å²) in [5.74, 6) is 2.63. The molecule has 4 aliphatic rings. The summed E-state index contributed by atoms with van der Waals surface area (Å²) in [5.41, 5.74) is 4.41. The average Bonchev–Trinajstić information content (AvgIpc) is 2.92. The normalized spacial score (nSPS) is 46.3. The highest BCUT2D eigenvalue weighted by atomic mass is 16.1. The van der Waals surface area contributed by atoms with Gasteiger partial charge in [0.1, 0.15) is 0 Å². The number of nitrogens with zero attached hydrogens (tertiary/aromatic N) is 1. The molecule has 4 aliphatic carbocycles. The van der Waals surface area contributed by atoms with E-state index >= 15 is 0 Å². The average molecular weight is 323 g/mol. The van der Waals surface area contributed by atoms with Crippen LogP contribution in [0.5, 0.6) is 0 Å². The van der Waals surface area contributed by atoms with Crippen LogP contribution in [0.4, 0.5) is 0 Å². The topological polar surface area (TPSA) is 21.4 Å². The molecule has 0 unspecified atom stereocenters. The van der Waals surface area contributed by atoms with Crippen molar-refractivity contribution in [2.75, 3.05) is 0 Å². The molecule has 2 nitrogen and oxygen atoms in total.